The minimum Gasteiger partial charge on any atom is -0.486 e. The molecule has 6 nitrogen and oxygen atoms in total. The van der Waals surface area contributed by atoms with Gasteiger partial charge in [-0.25, -0.2) is 0 Å². The first-order chi connectivity index (χ1) is 13.0. The Balaban J connectivity index is 1.47. The van der Waals surface area contributed by atoms with E-state index >= 15 is 0 Å². The molecule has 1 heterocycles. The summed E-state index contributed by atoms with van der Waals surface area (Å²) in [5.41, 5.74) is 0.934. The van der Waals surface area contributed by atoms with Crippen molar-refractivity contribution in [3.8, 4) is 11.5 Å². The quantitative estimate of drug-likeness (QED) is 0.343. The normalized spacial score (nSPS) is 12.3. The second-order valence-corrected chi connectivity index (χ2v) is 7.12. The van der Waals surface area contributed by atoms with Crippen LogP contribution in [0, 0.1) is 3.57 Å². The van der Waals surface area contributed by atoms with E-state index < -0.39 is 5.97 Å². The van der Waals surface area contributed by atoms with Crippen LogP contribution in [0.4, 0.5) is 0 Å². The van der Waals surface area contributed by atoms with Crippen LogP contribution in [0.25, 0.3) is 0 Å². The fraction of sp³-hybridized carbons (Fsp3) is 0.250. The molecule has 0 bridgehead atoms. The number of Topliss-reactive ketones (excluding diaryl/α,β-unsaturated/α-hetero) is 2. The third-order valence-electron chi connectivity index (χ3n) is 3.93. The first-order valence-electron chi connectivity index (χ1n) is 8.40. The van der Waals surface area contributed by atoms with Crippen molar-refractivity contribution in [1.82, 2.24) is 0 Å². The molecule has 0 saturated heterocycles. The number of ether oxygens (including phenoxy) is 3. The Hall–Kier alpha value is -2.42. The largest absolute Gasteiger partial charge is 0.486 e. The summed E-state index contributed by atoms with van der Waals surface area (Å²) in [6.45, 7) is 0.579. The molecule has 1 aliphatic heterocycles. The lowest BCUT2D eigenvalue weighted by Gasteiger charge is -2.18. The number of benzene rings is 2. The van der Waals surface area contributed by atoms with Crippen molar-refractivity contribution in [3.05, 3.63) is 57.2 Å². The highest BCUT2D eigenvalue weighted by atomic mass is 127. The van der Waals surface area contributed by atoms with E-state index in [1.807, 2.05) is 6.07 Å². The van der Waals surface area contributed by atoms with E-state index in [0.717, 1.165) is 3.57 Å². The Labute approximate surface area is 169 Å². The van der Waals surface area contributed by atoms with Crippen LogP contribution in [-0.2, 0) is 9.53 Å². The van der Waals surface area contributed by atoms with Gasteiger partial charge in [0, 0.05) is 21.1 Å². The Bertz CT molecular complexity index is 877. The topological polar surface area (TPSA) is 78.9 Å². The highest BCUT2D eigenvalue weighted by Gasteiger charge is 2.17. The van der Waals surface area contributed by atoms with Crippen molar-refractivity contribution < 1.29 is 28.6 Å². The summed E-state index contributed by atoms with van der Waals surface area (Å²) in [6.07, 6.45) is -0.0945. The van der Waals surface area contributed by atoms with Gasteiger partial charge in [0.1, 0.15) is 13.2 Å². The number of rotatable bonds is 7. The van der Waals surface area contributed by atoms with E-state index in [9.17, 15) is 14.4 Å². The van der Waals surface area contributed by atoms with Crippen LogP contribution in [0.2, 0.25) is 0 Å². The number of esters is 1. The monoisotopic (exact) mass is 480 g/mol. The van der Waals surface area contributed by atoms with Gasteiger partial charge >= 0.3 is 5.97 Å². The van der Waals surface area contributed by atoms with Crippen molar-refractivity contribution in [1.29, 1.82) is 0 Å². The van der Waals surface area contributed by atoms with Crippen LogP contribution < -0.4 is 9.47 Å². The molecule has 0 amide bonds. The molecule has 2 aromatic rings. The molecule has 140 valence electrons. The lowest BCUT2D eigenvalue weighted by Crippen LogP contribution is -2.16. The maximum atomic E-state index is 12.3. The highest BCUT2D eigenvalue weighted by molar-refractivity contribution is 14.1. The van der Waals surface area contributed by atoms with E-state index in [1.54, 1.807) is 36.4 Å². The van der Waals surface area contributed by atoms with Crippen LogP contribution in [0.5, 0.6) is 11.5 Å². The average Bonchev–Trinajstić information content (AvgIpc) is 2.69. The second kappa shape index (κ2) is 8.98. The van der Waals surface area contributed by atoms with E-state index in [1.165, 1.54) is 0 Å². The molecule has 2 aromatic carbocycles. The number of carbonyl (C=O) groups excluding carboxylic acids is 3. The van der Waals surface area contributed by atoms with Crippen molar-refractivity contribution >= 4 is 40.1 Å². The Morgan fingerprint density at radius 2 is 1.63 bits per heavy atom. The number of hydrogen-bond acceptors (Lipinski definition) is 6. The van der Waals surface area contributed by atoms with Crippen LogP contribution >= 0.6 is 22.6 Å². The molecule has 0 spiro atoms. The summed E-state index contributed by atoms with van der Waals surface area (Å²) >= 11 is 2.11. The van der Waals surface area contributed by atoms with Crippen molar-refractivity contribution in [3.63, 3.8) is 0 Å². The third kappa shape index (κ3) is 5.29. The molecule has 27 heavy (non-hydrogen) atoms. The van der Waals surface area contributed by atoms with E-state index in [2.05, 4.69) is 22.6 Å². The van der Waals surface area contributed by atoms with Crippen LogP contribution in [0.3, 0.4) is 0 Å². The van der Waals surface area contributed by atoms with Crippen LogP contribution in [0.1, 0.15) is 33.6 Å². The summed E-state index contributed by atoms with van der Waals surface area (Å²) in [5, 5.41) is 0. The Morgan fingerprint density at radius 3 is 2.41 bits per heavy atom. The SMILES string of the molecule is O=C(CCC(=O)c1ccc2c(c1)OCCO2)OCC(=O)c1cccc(I)c1. The number of ketones is 2. The van der Waals surface area contributed by atoms with Crippen LogP contribution in [0.15, 0.2) is 42.5 Å². The van der Waals surface area contributed by atoms with Crippen molar-refractivity contribution in [2.45, 2.75) is 12.8 Å². The molecule has 0 saturated carbocycles. The predicted octanol–water partition coefficient (Wildman–Crippen LogP) is 3.45. The molecule has 0 aromatic heterocycles. The summed E-state index contributed by atoms with van der Waals surface area (Å²) in [5.74, 6) is 0.0665. The fourth-order valence-electron chi connectivity index (χ4n) is 2.54. The summed E-state index contributed by atoms with van der Waals surface area (Å²) < 4.78 is 16.8. The van der Waals surface area contributed by atoms with E-state index in [0.29, 0.717) is 35.8 Å². The zero-order chi connectivity index (χ0) is 19.2. The second-order valence-electron chi connectivity index (χ2n) is 5.88. The molecule has 0 unspecified atom stereocenters. The predicted molar refractivity (Wildman–Crippen MR) is 105 cm³/mol. The Morgan fingerprint density at radius 1 is 0.889 bits per heavy atom. The summed E-state index contributed by atoms with van der Waals surface area (Å²) in [6, 6.07) is 12.0. The van der Waals surface area contributed by atoms with Gasteiger partial charge in [-0.2, -0.15) is 0 Å². The van der Waals surface area contributed by atoms with Gasteiger partial charge in [0.05, 0.1) is 6.42 Å². The molecular weight excluding hydrogens is 463 g/mol. The summed E-state index contributed by atoms with van der Waals surface area (Å²) in [4.78, 5) is 36.1. The van der Waals surface area contributed by atoms with Gasteiger partial charge in [-0.3, -0.25) is 14.4 Å². The molecule has 3 rings (SSSR count). The number of carbonyl (C=O) groups is 3. The first-order valence-corrected chi connectivity index (χ1v) is 9.48. The summed E-state index contributed by atoms with van der Waals surface area (Å²) in [7, 11) is 0. The zero-order valence-electron chi connectivity index (χ0n) is 14.4. The standard InChI is InChI=1S/C20H17IO6/c21-15-3-1-2-13(10-15)17(23)12-27-20(24)7-5-16(22)14-4-6-18-19(11-14)26-9-8-25-18/h1-4,6,10-11H,5,7-9,12H2. The fourth-order valence-corrected chi connectivity index (χ4v) is 3.08. The minimum atomic E-state index is -0.583. The third-order valence-corrected chi connectivity index (χ3v) is 4.60. The molecule has 7 heteroatoms. The van der Waals surface area contributed by atoms with Gasteiger partial charge in [-0.15, -0.1) is 0 Å². The molecular formula is C20H17IO6. The lowest BCUT2D eigenvalue weighted by molar-refractivity contribution is -0.142. The van der Waals surface area contributed by atoms with Gasteiger partial charge in [-0.1, -0.05) is 12.1 Å². The zero-order valence-corrected chi connectivity index (χ0v) is 16.6. The van der Waals surface area contributed by atoms with Crippen molar-refractivity contribution in [2.24, 2.45) is 0 Å². The molecule has 0 fully saturated rings. The Kier molecular flexibility index (Phi) is 6.44. The van der Waals surface area contributed by atoms with E-state index in [-0.39, 0.29) is 31.0 Å². The lowest BCUT2D eigenvalue weighted by atomic mass is 10.1. The maximum absolute atomic E-state index is 12.3. The van der Waals surface area contributed by atoms with Gasteiger partial charge in [-0.05, 0) is 52.9 Å². The average molecular weight is 480 g/mol. The van der Waals surface area contributed by atoms with Gasteiger partial charge in [0.2, 0.25) is 0 Å². The van der Waals surface area contributed by atoms with Gasteiger partial charge in [0.15, 0.2) is 29.7 Å². The van der Waals surface area contributed by atoms with Crippen LogP contribution in [-0.4, -0.2) is 37.4 Å². The molecule has 1 aliphatic rings. The van der Waals surface area contributed by atoms with Gasteiger partial charge in [0.25, 0.3) is 0 Å². The maximum Gasteiger partial charge on any atom is 0.306 e. The number of fused-ring (bicyclic) bond motifs is 1. The number of hydrogen-bond donors (Lipinski definition) is 0. The van der Waals surface area contributed by atoms with E-state index in [4.69, 9.17) is 14.2 Å². The molecule has 0 aliphatic carbocycles. The van der Waals surface area contributed by atoms with Gasteiger partial charge < -0.3 is 14.2 Å². The first kappa shape index (κ1) is 19.3. The highest BCUT2D eigenvalue weighted by Crippen LogP contribution is 2.31. The van der Waals surface area contributed by atoms with Crippen molar-refractivity contribution in [2.75, 3.05) is 19.8 Å². The smallest absolute Gasteiger partial charge is 0.306 e. The molecule has 0 atom stereocenters. The minimum absolute atomic E-state index is 0.00406. The molecule has 0 radical (unpaired) electrons. The number of halogens is 1. The molecule has 0 N–H and O–H groups in total.